The van der Waals surface area contributed by atoms with Crippen LogP contribution in [0.5, 0.6) is 0 Å². The van der Waals surface area contributed by atoms with Gasteiger partial charge in [0.1, 0.15) is 5.82 Å². The van der Waals surface area contributed by atoms with Crippen LogP contribution in [0.1, 0.15) is 11.3 Å². The van der Waals surface area contributed by atoms with Crippen LogP contribution in [0, 0.1) is 6.92 Å². The number of nitrogens with one attached hydrogen (secondary N) is 1. The first-order valence-corrected chi connectivity index (χ1v) is 8.94. The quantitative estimate of drug-likeness (QED) is 0.650. The van der Waals surface area contributed by atoms with E-state index in [4.69, 9.17) is 23.2 Å². The number of hydrogen-bond acceptors (Lipinski definition) is 5. The monoisotopic (exact) mass is 387 g/mol. The van der Waals surface area contributed by atoms with E-state index in [1.165, 1.54) is 5.56 Å². The molecule has 1 N–H and O–H groups in total. The molecule has 7 heteroatoms. The summed E-state index contributed by atoms with van der Waals surface area (Å²) in [5, 5.41) is 4.28. The molecule has 0 saturated carbocycles. The molecule has 0 atom stereocenters. The summed E-state index contributed by atoms with van der Waals surface area (Å²) in [5.74, 6) is 1.36. The van der Waals surface area contributed by atoms with E-state index in [-0.39, 0.29) is 0 Å². The number of benzene rings is 1. The fraction of sp³-hybridized carbons (Fsp3) is 0.211. The number of halogens is 2. The van der Waals surface area contributed by atoms with E-state index in [1.54, 1.807) is 18.2 Å². The highest BCUT2D eigenvalue weighted by atomic mass is 35.5. The van der Waals surface area contributed by atoms with E-state index in [1.807, 2.05) is 44.6 Å². The van der Waals surface area contributed by atoms with Gasteiger partial charge in [-0.2, -0.15) is 4.98 Å². The molecule has 0 radical (unpaired) electrons. The van der Waals surface area contributed by atoms with Crippen molar-refractivity contribution in [2.75, 3.05) is 23.8 Å². The molecule has 1 aromatic carbocycles. The van der Waals surface area contributed by atoms with Crippen molar-refractivity contribution in [2.24, 2.45) is 0 Å². The van der Waals surface area contributed by atoms with Gasteiger partial charge >= 0.3 is 0 Å². The molecule has 0 aliphatic carbocycles. The van der Waals surface area contributed by atoms with Crippen LogP contribution in [-0.2, 0) is 6.42 Å². The SMILES string of the molecule is Cc1cc(N(C)CCc2ccncc2)nc(Nc2cc(Cl)cc(Cl)c2)n1. The summed E-state index contributed by atoms with van der Waals surface area (Å²) in [6.07, 6.45) is 4.53. The standard InChI is InChI=1S/C19H19Cl2N5/c1-13-9-18(26(2)8-5-14-3-6-22-7-4-14)25-19(23-13)24-17-11-15(20)10-16(21)12-17/h3-4,6-7,9-12H,5,8H2,1-2H3,(H,23,24,25). The highest BCUT2D eigenvalue weighted by molar-refractivity contribution is 6.35. The van der Waals surface area contributed by atoms with E-state index < -0.39 is 0 Å². The van der Waals surface area contributed by atoms with Gasteiger partial charge in [0.25, 0.3) is 0 Å². The second-order valence-corrected chi connectivity index (χ2v) is 6.87. The summed E-state index contributed by atoms with van der Waals surface area (Å²) in [6.45, 7) is 2.78. The van der Waals surface area contributed by atoms with Crippen molar-refractivity contribution >= 4 is 40.7 Å². The lowest BCUT2D eigenvalue weighted by Crippen LogP contribution is -2.22. The number of nitrogens with zero attached hydrogens (tertiary/aromatic N) is 4. The first-order valence-electron chi connectivity index (χ1n) is 8.18. The van der Waals surface area contributed by atoms with Gasteiger partial charge in [0, 0.05) is 53.5 Å². The van der Waals surface area contributed by atoms with Gasteiger partial charge in [-0.15, -0.1) is 0 Å². The average molecular weight is 388 g/mol. The lowest BCUT2D eigenvalue weighted by Gasteiger charge is -2.19. The topological polar surface area (TPSA) is 53.9 Å². The Balaban J connectivity index is 1.74. The smallest absolute Gasteiger partial charge is 0.229 e. The lowest BCUT2D eigenvalue weighted by molar-refractivity contribution is 0.853. The number of pyridine rings is 1. The van der Waals surface area contributed by atoms with E-state index in [9.17, 15) is 0 Å². The normalized spacial score (nSPS) is 10.6. The van der Waals surface area contributed by atoms with Gasteiger partial charge in [-0.1, -0.05) is 23.2 Å². The Morgan fingerprint density at radius 2 is 1.69 bits per heavy atom. The number of likely N-dealkylation sites (N-methyl/N-ethyl adjacent to an activating group) is 1. The third kappa shape index (κ3) is 5.07. The fourth-order valence-electron chi connectivity index (χ4n) is 2.52. The largest absolute Gasteiger partial charge is 0.359 e. The highest BCUT2D eigenvalue weighted by Gasteiger charge is 2.08. The summed E-state index contributed by atoms with van der Waals surface area (Å²) in [7, 11) is 2.02. The summed E-state index contributed by atoms with van der Waals surface area (Å²) in [4.78, 5) is 15.2. The molecule has 0 bridgehead atoms. The zero-order valence-corrected chi connectivity index (χ0v) is 16.1. The van der Waals surface area contributed by atoms with Crippen molar-refractivity contribution in [3.8, 4) is 0 Å². The van der Waals surface area contributed by atoms with E-state index >= 15 is 0 Å². The summed E-state index contributed by atoms with van der Waals surface area (Å²) in [5.41, 5.74) is 2.87. The van der Waals surface area contributed by atoms with Gasteiger partial charge in [0.15, 0.2) is 0 Å². The minimum Gasteiger partial charge on any atom is -0.359 e. The van der Waals surface area contributed by atoms with Crippen LogP contribution in [0.3, 0.4) is 0 Å². The molecule has 0 aliphatic heterocycles. The van der Waals surface area contributed by atoms with Gasteiger partial charge in [-0.05, 0) is 49.2 Å². The van der Waals surface area contributed by atoms with Crippen LogP contribution < -0.4 is 10.2 Å². The Labute approximate surface area is 163 Å². The Hall–Kier alpha value is -2.37. The second-order valence-electron chi connectivity index (χ2n) is 6.00. The van der Waals surface area contributed by atoms with E-state index in [2.05, 4.69) is 25.2 Å². The zero-order valence-electron chi connectivity index (χ0n) is 14.6. The van der Waals surface area contributed by atoms with Crippen LogP contribution in [0.25, 0.3) is 0 Å². The first-order chi connectivity index (χ1) is 12.5. The Morgan fingerprint density at radius 3 is 2.38 bits per heavy atom. The maximum absolute atomic E-state index is 6.05. The highest BCUT2D eigenvalue weighted by Crippen LogP contribution is 2.25. The molecule has 5 nitrogen and oxygen atoms in total. The Morgan fingerprint density at radius 1 is 1.00 bits per heavy atom. The van der Waals surface area contributed by atoms with Crippen LogP contribution in [0.4, 0.5) is 17.5 Å². The summed E-state index contributed by atoms with van der Waals surface area (Å²) in [6, 6.07) is 11.3. The van der Waals surface area contributed by atoms with Crippen LogP contribution in [-0.4, -0.2) is 28.5 Å². The predicted molar refractivity (Wildman–Crippen MR) is 108 cm³/mol. The molecule has 2 aromatic heterocycles. The minimum atomic E-state index is 0.508. The molecular weight excluding hydrogens is 369 g/mol. The molecular formula is C19H19Cl2N5. The van der Waals surface area contributed by atoms with Gasteiger partial charge < -0.3 is 10.2 Å². The van der Waals surface area contributed by atoms with Crippen LogP contribution >= 0.6 is 23.2 Å². The van der Waals surface area contributed by atoms with Crippen LogP contribution in [0.15, 0.2) is 48.8 Å². The molecule has 0 spiro atoms. The first kappa shape index (κ1) is 18.4. The molecule has 2 heterocycles. The predicted octanol–water partition coefficient (Wildman–Crippen LogP) is 4.91. The van der Waals surface area contributed by atoms with E-state index in [0.717, 1.165) is 30.2 Å². The summed E-state index contributed by atoms with van der Waals surface area (Å²) >= 11 is 12.1. The van der Waals surface area contributed by atoms with Crippen molar-refractivity contribution < 1.29 is 0 Å². The van der Waals surface area contributed by atoms with Crippen molar-refractivity contribution in [3.63, 3.8) is 0 Å². The van der Waals surface area contributed by atoms with E-state index in [0.29, 0.717) is 16.0 Å². The number of anilines is 3. The number of aromatic nitrogens is 3. The van der Waals surface area contributed by atoms with Gasteiger partial charge in [0.2, 0.25) is 5.95 Å². The number of hydrogen-bond donors (Lipinski definition) is 1. The lowest BCUT2D eigenvalue weighted by atomic mass is 10.2. The summed E-state index contributed by atoms with van der Waals surface area (Å²) < 4.78 is 0. The second kappa shape index (κ2) is 8.34. The molecule has 0 unspecified atom stereocenters. The zero-order chi connectivity index (χ0) is 18.5. The molecule has 3 rings (SSSR count). The number of rotatable bonds is 6. The number of aryl methyl sites for hydroxylation is 1. The Kier molecular flexibility index (Phi) is 5.91. The molecule has 0 amide bonds. The van der Waals surface area contributed by atoms with Gasteiger partial charge in [0.05, 0.1) is 0 Å². The van der Waals surface area contributed by atoms with Crippen molar-refractivity contribution in [1.82, 2.24) is 15.0 Å². The maximum Gasteiger partial charge on any atom is 0.229 e. The molecule has 26 heavy (non-hydrogen) atoms. The molecule has 0 aliphatic rings. The van der Waals surface area contributed by atoms with Crippen molar-refractivity contribution in [2.45, 2.75) is 13.3 Å². The molecule has 134 valence electrons. The third-order valence-corrected chi connectivity index (χ3v) is 4.27. The van der Waals surface area contributed by atoms with Crippen molar-refractivity contribution in [3.05, 3.63) is 70.1 Å². The van der Waals surface area contributed by atoms with Gasteiger partial charge in [-0.25, -0.2) is 4.98 Å². The molecule has 3 aromatic rings. The maximum atomic E-state index is 6.05. The minimum absolute atomic E-state index is 0.508. The van der Waals surface area contributed by atoms with Crippen LogP contribution in [0.2, 0.25) is 10.0 Å². The average Bonchev–Trinajstić information content (AvgIpc) is 2.59. The molecule has 0 saturated heterocycles. The van der Waals surface area contributed by atoms with Gasteiger partial charge in [-0.3, -0.25) is 4.98 Å². The fourth-order valence-corrected chi connectivity index (χ4v) is 3.05. The molecule has 0 fully saturated rings. The van der Waals surface area contributed by atoms with Crippen molar-refractivity contribution in [1.29, 1.82) is 0 Å². The Bertz CT molecular complexity index is 866. The third-order valence-electron chi connectivity index (χ3n) is 3.84.